The van der Waals surface area contributed by atoms with E-state index in [1.165, 1.54) is 17.9 Å². The van der Waals surface area contributed by atoms with Gasteiger partial charge < -0.3 is 17.2 Å². The summed E-state index contributed by atoms with van der Waals surface area (Å²) in [6.07, 6.45) is 7.66. The molecule has 1 aliphatic carbocycles. The van der Waals surface area contributed by atoms with Crippen LogP contribution in [0.1, 0.15) is 99.0 Å². The Kier molecular flexibility index (Phi) is 15.3. The number of carbonyl (C=O) groups is 1. The maximum Gasteiger partial charge on any atom is 0.261 e. The van der Waals surface area contributed by atoms with Crippen molar-refractivity contribution in [2.75, 3.05) is 12.3 Å². The number of halogens is 1. The van der Waals surface area contributed by atoms with Crippen LogP contribution in [0, 0.1) is 17.8 Å². The van der Waals surface area contributed by atoms with Gasteiger partial charge in [-0.15, -0.1) is 0 Å². The lowest BCUT2D eigenvalue weighted by molar-refractivity contribution is -0.141. The number of carbonyl (C=O) groups excluding carboxylic acids is 1. The number of amides is 1. The Labute approximate surface area is 225 Å². The van der Waals surface area contributed by atoms with Crippen LogP contribution in [0.15, 0.2) is 23.2 Å². The van der Waals surface area contributed by atoms with Crippen LogP contribution in [0.4, 0.5) is 5.69 Å². The second-order valence-electron chi connectivity index (χ2n) is 10.9. The van der Waals surface area contributed by atoms with Gasteiger partial charge in [0.1, 0.15) is 11.9 Å². The number of benzene rings is 1. The Hall–Kier alpha value is -1.83. The quantitative estimate of drug-likeness (QED) is 0.0646. The Morgan fingerprint density at radius 1 is 1.19 bits per heavy atom. The lowest BCUT2D eigenvalue weighted by Crippen LogP contribution is -2.63. The van der Waals surface area contributed by atoms with Crippen LogP contribution >= 0.6 is 11.6 Å². The number of hydrogen-bond donors (Lipinski definition) is 4. The highest BCUT2D eigenvalue weighted by atomic mass is 35.5. The first-order valence-corrected chi connectivity index (χ1v) is 13.8. The molecular formula is C28H53ClN6O. The summed E-state index contributed by atoms with van der Waals surface area (Å²) in [4.78, 5) is 17.1. The van der Waals surface area contributed by atoms with Crippen molar-refractivity contribution in [3.8, 4) is 0 Å². The number of hydrazine groups is 1. The van der Waals surface area contributed by atoms with E-state index in [1.807, 2.05) is 26.8 Å². The summed E-state index contributed by atoms with van der Waals surface area (Å²) in [5.74, 6) is 6.16. The zero-order chi connectivity index (χ0) is 28.1. The maximum atomic E-state index is 12.9. The summed E-state index contributed by atoms with van der Waals surface area (Å²) in [7, 11) is 0. The molecule has 0 heterocycles. The Morgan fingerprint density at radius 2 is 1.75 bits per heavy atom. The fraction of sp³-hybridized carbons (Fsp3) is 0.714. The molecule has 0 saturated heterocycles. The minimum absolute atomic E-state index is 0.00934. The van der Waals surface area contributed by atoms with Crippen molar-refractivity contribution in [3.05, 3.63) is 28.8 Å². The number of amidine groups is 1. The van der Waals surface area contributed by atoms with E-state index in [0.29, 0.717) is 6.54 Å². The highest BCUT2D eigenvalue weighted by Crippen LogP contribution is 2.48. The number of hydrogen-bond acceptors (Lipinski definition) is 5. The van der Waals surface area contributed by atoms with Crippen molar-refractivity contribution in [1.82, 2.24) is 5.01 Å². The minimum Gasteiger partial charge on any atom is -0.399 e. The molecule has 36 heavy (non-hydrogen) atoms. The van der Waals surface area contributed by atoms with Crippen LogP contribution in [0.25, 0.3) is 0 Å². The first-order valence-electron chi connectivity index (χ1n) is 13.4. The molecule has 2 unspecified atom stereocenters. The van der Waals surface area contributed by atoms with Crippen molar-refractivity contribution >= 4 is 29.0 Å². The third-order valence-electron chi connectivity index (χ3n) is 6.58. The molecule has 1 aromatic carbocycles. The standard InChI is InChI=1S/C19H39N5O.C7H8ClN.C2H6/c1-6-7-10-13-23-15(21)14(20)16(25)24(22)17(18(2,3)4)19(5)11-8-9-12-19;1-5-4-6(9)2-3-7(5)8;1-2/h14,17H,6-13,20,22H2,1-5H3,(H2,21,23);2-4H,9H2,1H3;1-2H3. The van der Waals surface area contributed by atoms with Gasteiger partial charge in [0.15, 0.2) is 0 Å². The molecule has 2 atom stereocenters. The summed E-state index contributed by atoms with van der Waals surface area (Å²) < 4.78 is 0. The highest BCUT2D eigenvalue weighted by Gasteiger charge is 2.47. The van der Waals surface area contributed by atoms with Crippen molar-refractivity contribution in [2.45, 2.75) is 112 Å². The first kappa shape index (κ1) is 34.2. The van der Waals surface area contributed by atoms with E-state index in [4.69, 9.17) is 34.6 Å². The monoisotopic (exact) mass is 524 g/mol. The average molecular weight is 525 g/mol. The molecule has 208 valence electrons. The predicted molar refractivity (Wildman–Crippen MR) is 157 cm³/mol. The third-order valence-corrected chi connectivity index (χ3v) is 7.01. The van der Waals surface area contributed by atoms with E-state index in [1.54, 1.807) is 12.1 Å². The van der Waals surface area contributed by atoms with Gasteiger partial charge in [-0.2, -0.15) is 0 Å². The van der Waals surface area contributed by atoms with Gasteiger partial charge in [-0.3, -0.25) is 14.8 Å². The van der Waals surface area contributed by atoms with Gasteiger partial charge in [0.25, 0.3) is 5.91 Å². The van der Waals surface area contributed by atoms with Gasteiger partial charge in [-0.1, -0.05) is 85.8 Å². The SMILES string of the molecule is CC.CCCCCN=C(N)C(N)C(=O)N(N)C(C(C)(C)C)C1(C)CCCC1.Cc1cc(N)ccc1Cl. The number of nitrogens with two attached hydrogens (primary N) is 4. The number of aryl methyl sites for hydroxylation is 1. The molecular weight excluding hydrogens is 472 g/mol. The second-order valence-corrected chi connectivity index (χ2v) is 11.3. The Bertz CT molecular complexity index is 815. The molecule has 2 rings (SSSR count). The van der Waals surface area contributed by atoms with Gasteiger partial charge in [0.2, 0.25) is 0 Å². The fourth-order valence-corrected chi connectivity index (χ4v) is 5.12. The van der Waals surface area contributed by atoms with E-state index in [2.05, 4.69) is 39.6 Å². The highest BCUT2D eigenvalue weighted by molar-refractivity contribution is 6.31. The number of nitrogen functional groups attached to an aromatic ring is 1. The number of aliphatic imine (C=N–C) groups is 1. The molecule has 8 N–H and O–H groups in total. The van der Waals surface area contributed by atoms with E-state index in [-0.39, 0.29) is 28.6 Å². The number of rotatable bonds is 8. The summed E-state index contributed by atoms with van der Waals surface area (Å²) in [5, 5.41) is 2.12. The summed E-state index contributed by atoms with van der Waals surface area (Å²) >= 11 is 5.73. The van der Waals surface area contributed by atoms with E-state index >= 15 is 0 Å². The largest absolute Gasteiger partial charge is 0.399 e. The minimum atomic E-state index is -0.971. The molecule has 1 amide bonds. The van der Waals surface area contributed by atoms with Crippen LogP contribution in [-0.4, -0.2) is 35.4 Å². The van der Waals surface area contributed by atoms with Gasteiger partial charge in [0.05, 0.1) is 6.04 Å². The normalized spacial score (nSPS) is 16.7. The van der Waals surface area contributed by atoms with Crippen LogP contribution in [0.5, 0.6) is 0 Å². The molecule has 1 fully saturated rings. The lowest BCUT2D eigenvalue weighted by atomic mass is 9.68. The molecule has 1 saturated carbocycles. The number of unbranched alkanes of at least 4 members (excludes halogenated alkanes) is 2. The molecule has 0 radical (unpaired) electrons. The molecule has 0 bridgehead atoms. The smallest absolute Gasteiger partial charge is 0.261 e. The van der Waals surface area contributed by atoms with E-state index in [9.17, 15) is 4.79 Å². The zero-order valence-electron chi connectivity index (χ0n) is 24.0. The van der Waals surface area contributed by atoms with Gasteiger partial charge in [-0.25, -0.2) is 5.84 Å². The molecule has 8 heteroatoms. The zero-order valence-corrected chi connectivity index (χ0v) is 24.8. The van der Waals surface area contributed by atoms with Crippen LogP contribution in [0.2, 0.25) is 5.02 Å². The second kappa shape index (κ2) is 16.1. The topological polar surface area (TPSA) is 137 Å². The molecule has 7 nitrogen and oxygen atoms in total. The van der Waals surface area contributed by atoms with Crippen molar-refractivity contribution < 1.29 is 4.79 Å². The molecule has 0 aliphatic heterocycles. The average Bonchev–Trinajstić information content (AvgIpc) is 3.25. The lowest BCUT2D eigenvalue weighted by Gasteiger charge is -2.47. The third kappa shape index (κ3) is 10.7. The summed E-state index contributed by atoms with van der Waals surface area (Å²) in [5.41, 5.74) is 19.1. The first-order chi connectivity index (χ1) is 16.7. The number of anilines is 1. The van der Waals surface area contributed by atoms with Crippen LogP contribution in [-0.2, 0) is 4.79 Å². The van der Waals surface area contributed by atoms with Crippen LogP contribution < -0.4 is 23.0 Å². The van der Waals surface area contributed by atoms with E-state index < -0.39 is 6.04 Å². The summed E-state index contributed by atoms with van der Waals surface area (Å²) in [6, 6.07) is 4.37. The van der Waals surface area contributed by atoms with Crippen LogP contribution in [0.3, 0.4) is 0 Å². The molecule has 1 aromatic rings. The Morgan fingerprint density at radius 3 is 2.19 bits per heavy atom. The molecule has 0 spiro atoms. The van der Waals surface area contributed by atoms with E-state index in [0.717, 1.165) is 48.4 Å². The number of nitrogens with zero attached hydrogens (tertiary/aromatic N) is 2. The maximum absolute atomic E-state index is 12.9. The fourth-order valence-electron chi connectivity index (χ4n) is 5.01. The Balaban J connectivity index is 0.000000922. The summed E-state index contributed by atoms with van der Waals surface area (Å²) in [6.45, 7) is 17.3. The van der Waals surface area contributed by atoms with Gasteiger partial charge in [-0.05, 0) is 60.8 Å². The molecule has 1 aliphatic rings. The van der Waals surface area contributed by atoms with Gasteiger partial charge in [0, 0.05) is 17.3 Å². The predicted octanol–water partition coefficient (Wildman–Crippen LogP) is 5.82. The van der Waals surface area contributed by atoms with Gasteiger partial charge >= 0.3 is 0 Å². The van der Waals surface area contributed by atoms with Crippen molar-refractivity contribution in [1.29, 1.82) is 0 Å². The molecule has 0 aromatic heterocycles. The van der Waals surface area contributed by atoms with Crippen molar-refractivity contribution in [3.63, 3.8) is 0 Å². The van der Waals surface area contributed by atoms with Crippen molar-refractivity contribution in [2.24, 2.45) is 33.1 Å².